The maximum Gasteiger partial charge on any atom is 0.255 e. The number of nitrogens with two attached hydrogens (primary N) is 1. The van der Waals surface area contributed by atoms with Crippen molar-refractivity contribution in [3.63, 3.8) is 0 Å². The van der Waals surface area contributed by atoms with E-state index in [9.17, 15) is 9.18 Å². The molecule has 3 N–H and O–H groups in total. The Balaban J connectivity index is 1.38. The van der Waals surface area contributed by atoms with Crippen LogP contribution in [0.4, 0.5) is 15.8 Å². The van der Waals surface area contributed by atoms with Crippen molar-refractivity contribution in [2.24, 2.45) is 0 Å². The van der Waals surface area contributed by atoms with Crippen LogP contribution in [0.15, 0.2) is 72.1 Å². The highest BCUT2D eigenvalue weighted by molar-refractivity contribution is 7.10. The molecule has 0 aliphatic carbocycles. The average Bonchev–Trinajstić information content (AvgIpc) is 3.40. The van der Waals surface area contributed by atoms with E-state index in [2.05, 4.69) is 5.32 Å². The average molecular weight is 518 g/mol. The van der Waals surface area contributed by atoms with Gasteiger partial charge in [0.1, 0.15) is 10.8 Å². The summed E-state index contributed by atoms with van der Waals surface area (Å²) in [5.41, 5.74) is 10.1. The molecule has 0 bridgehead atoms. The summed E-state index contributed by atoms with van der Waals surface area (Å²) in [6.07, 6.45) is 1.62. The SMILES string of the molecule is CCOc1csc(C2(c3ccc(C(=O)Nc4cc(-c5ccc(F)cc5)ccc4N)cc3)CCOCC2)n1. The van der Waals surface area contributed by atoms with E-state index in [4.69, 9.17) is 20.2 Å². The van der Waals surface area contributed by atoms with Crippen molar-refractivity contribution in [2.75, 3.05) is 30.9 Å². The summed E-state index contributed by atoms with van der Waals surface area (Å²) in [6.45, 7) is 3.81. The number of thiazole rings is 1. The fourth-order valence-electron chi connectivity index (χ4n) is 4.66. The predicted molar refractivity (Wildman–Crippen MR) is 145 cm³/mol. The molecule has 0 radical (unpaired) electrons. The number of nitrogen functional groups attached to an aromatic ring is 1. The molecule has 8 heteroatoms. The zero-order chi connectivity index (χ0) is 25.8. The van der Waals surface area contributed by atoms with Crippen LogP contribution in [-0.4, -0.2) is 30.7 Å². The van der Waals surface area contributed by atoms with Crippen LogP contribution in [0.5, 0.6) is 5.88 Å². The topological polar surface area (TPSA) is 86.5 Å². The molecule has 1 aliphatic rings. The van der Waals surface area contributed by atoms with Crippen LogP contribution in [0.25, 0.3) is 11.1 Å². The molecule has 2 heterocycles. The molecule has 3 aromatic carbocycles. The molecule has 4 aromatic rings. The number of ether oxygens (including phenoxy) is 2. The second-order valence-corrected chi connectivity index (χ2v) is 9.82. The van der Waals surface area contributed by atoms with E-state index in [1.165, 1.54) is 12.1 Å². The first-order chi connectivity index (χ1) is 18.0. The van der Waals surface area contributed by atoms with Crippen molar-refractivity contribution in [1.29, 1.82) is 0 Å². The third-order valence-electron chi connectivity index (χ3n) is 6.71. The fourth-order valence-corrected chi connectivity index (χ4v) is 5.68. The summed E-state index contributed by atoms with van der Waals surface area (Å²) < 4.78 is 24.6. The number of nitrogens with one attached hydrogen (secondary N) is 1. The summed E-state index contributed by atoms with van der Waals surface area (Å²) in [4.78, 5) is 17.9. The van der Waals surface area contributed by atoms with E-state index in [-0.39, 0.29) is 17.1 Å². The summed E-state index contributed by atoms with van der Waals surface area (Å²) in [5.74, 6) is 0.0801. The maximum absolute atomic E-state index is 13.3. The van der Waals surface area contributed by atoms with Gasteiger partial charge in [-0.1, -0.05) is 30.3 Å². The number of carbonyl (C=O) groups excluding carboxylic acids is 1. The van der Waals surface area contributed by atoms with Gasteiger partial charge in [0.15, 0.2) is 0 Å². The fraction of sp³-hybridized carbons (Fsp3) is 0.241. The molecule has 190 valence electrons. The van der Waals surface area contributed by atoms with E-state index >= 15 is 0 Å². The lowest BCUT2D eigenvalue weighted by Gasteiger charge is -2.36. The normalized spacial score (nSPS) is 14.8. The van der Waals surface area contributed by atoms with Gasteiger partial charge in [-0.15, -0.1) is 11.3 Å². The van der Waals surface area contributed by atoms with Crippen LogP contribution in [0.1, 0.15) is 40.7 Å². The summed E-state index contributed by atoms with van der Waals surface area (Å²) >= 11 is 1.60. The van der Waals surface area contributed by atoms with E-state index in [1.54, 1.807) is 35.6 Å². The number of amides is 1. The molecule has 1 fully saturated rings. The Bertz CT molecular complexity index is 1380. The van der Waals surface area contributed by atoms with Gasteiger partial charge >= 0.3 is 0 Å². The van der Waals surface area contributed by atoms with E-state index in [1.807, 2.05) is 42.6 Å². The van der Waals surface area contributed by atoms with Gasteiger partial charge in [0, 0.05) is 18.8 Å². The van der Waals surface area contributed by atoms with E-state index in [0.717, 1.165) is 34.5 Å². The Morgan fingerprint density at radius 1 is 1.08 bits per heavy atom. The number of rotatable bonds is 7. The Morgan fingerprint density at radius 3 is 2.49 bits per heavy atom. The maximum atomic E-state index is 13.3. The van der Waals surface area contributed by atoms with Crippen molar-refractivity contribution in [3.05, 3.63) is 94.1 Å². The lowest BCUT2D eigenvalue weighted by Crippen LogP contribution is -2.35. The number of anilines is 2. The minimum Gasteiger partial charge on any atom is -0.477 e. The molecule has 6 nitrogen and oxygen atoms in total. The number of aromatic nitrogens is 1. The van der Waals surface area contributed by atoms with Gasteiger partial charge in [0.25, 0.3) is 5.91 Å². The number of carbonyl (C=O) groups is 1. The van der Waals surface area contributed by atoms with Crippen molar-refractivity contribution < 1.29 is 18.7 Å². The van der Waals surface area contributed by atoms with Gasteiger partial charge < -0.3 is 20.5 Å². The summed E-state index contributed by atoms with van der Waals surface area (Å²) in [6, 6.07) is 19.2. The highest BCUT2D eigenvalue weighted by Gasteiger charge is 2.39. The first kappa shape index (κ1) is 24.9. The molecule has 1 aliphatic heterocycles. The quantitative estimate of drug-likeness (QED) is 0.282. The first-order valence-electron chi connectivity index (χ1n) is 12.2. The van der Waals surface area contributed by atoms with Gasteiger partial charge in [-0.25, -0.2) is 9.37 Å². The lowest BCUT2D eigenvalue weighted by atomic mass is 9.74. The van der Waals surface area contributed by atoms with Gasteiger partial charge in [0.2, 0.25) is 5.88 Å². The first-order valence-corrected chi connectivity index (χ1v) is 13.1. The standard InChI is InChI=1S/C29H28FN3O3S/c1-2-36-26-18-37-28(33-26)29(13-15-35-16-14-29)22-8-3-20(4-9-22)27(34)32-25-17-21(7-12-24(25)31)19-5-10-23(30)11-6-19/h3-12,17-18H,2,13-16,31H2,1H3,(H,32,34). The van der Waals surface area contributed by atoms with Gasteiger partial charge in [-0.3, -0.25) is 4.79 Å². The monoisotopic (exact) mass is 517 g/mol. The molecule has 0 atom stereocenters. The van der Waals surface area contributed by atoms with Gasteiger partial charge in [-0.05, 0) is 72.9 Å². The third kappa shape index (κ3) is 5.21. The smallest absolute Gasteiger partial charge is 0.255 e. The van der Waals surface area contributed by atoms with Crippen molar-refractivity contribution >= 4 is 28.6 Å². The zero-order valence-corrected chi connectivity index (χ0v) is 21.3. The molecular weight excluding hydrogens is 489 g/mol. The highest BCUT2D eigenvalue weighted by atomic mass is 32.1. The van der Waals surface area contributed by atoms with Gasteiger partial charge in [-0.2, -0.15) is 0 Å². The molecule has 37 heavy (non-hydrogen) atoms. The Hall–Kier alpha value is -3.75. The van der Waals surface area contributed by atoms with E-state index < -0.39 is 0 Å². The third-order valence-corrected chi connectivity index (χ3v) is 7.73. The highest BCUT2D eigenvalue weighted by Crippen LogP contribution is 2.43. The molecule has 0 spiro atoms. The van der Waals surface area contributed by atoms with Crippen LogP contribution in [-0.2, 0) is 10.2 Å². The summed E-state index contributed by atoms with van der Waals surface area (Å²) in [7, 11) is 0. The van der Waals surface area contributed by atoms with E-state index in [0.29, 0.717) is 42.6 Å². The second kappa shape index (κ2) is 10.7. The van der Waals surface area contributed by atoms with Crippen molar-refractivity contribution in [3.8, 4) is 17.0 Å². The molecular formula is C29H28FN3O3S. The molecule has 1 aromatic heterocycles. The largest absolute Gasteiger partial charge is 0.477 e. The molecule has 0 unspecified atom stereocenters. The number of hydrogen-bond donors (Lipinski definition) is 2. The Labute approximate surface area is 219 Å². The van der Waals surface area contributed by atoms with Crippen LogP contribution in [0.3, 0.4) is 0 Å². The Morgan fingerprint density at radius 2 is 1.78 bits per heavy atom. The lowest BCUT2D eigenvalue weighted by molar-refractivity contribution is 0.0628. The van der Waals surface area contributed by atoms with Crippen LogP contribution >= 0.6 is 11.3 Å². The van der Waals surface area contributed by atoms with Crippen LogP contribution < -0.4 is 15.8 Å². The number of nitrogens with zero attached hydrogens (tertiary/aromatic N) is 1. The number of benzene rings is 3. The zero-order valence-electron chi connectivity index (χ0n) is 20.5. The van der Waals surface area contributed by atoms with Crippen LogP contribution in [0.2, 0.25) is 0 Å². The minimum atomic E-state index is -0.303. The van der Waals surface area contributed by atoms with Gasteiger partial charge in [0.05, 0.1) is 28.8 Å². The minimum absolute atomic E-state index is 0.261. The molecule has 1 amide bonds. The molecule has 5 rings (SSSR count). The number of halogens is 1. The summed E-state index contributed by atoms with van der Waals surface area (Å²) in [5, 5.41) is 5.87. The van der Waals surface area contributed by atoms with Crippen LogP contribution in [0, 0.1) is 5.82 Å². The molecule has 0 saturated carbocycles. The van der Waals surface area contributed by atoms with Crippen molar-refractivity contribution in [2.45, 2.75) is 25.2 Å². The molecule has 1 saturated heterocycles. The second-order valence-electron chi connectivity index (χ2n) is 8.96. The predicted octanol–water partition coefficient (Wildman–Crippen LogP) is 6.28. The number of hydrogen-bond acceptors (Lipinski definition) is 6. The Kier molecular flexibility index (Phi) is 7.21. The van der Waals surface area contributed by atoms with Crippen molar-refractivity contribution in [1.82, 2.24) is 4.98 Å².